The molecule has 34 heavy (non-hydrogen) atoms. The van der Waals surface area contributed by atoms with Gasteiger partial charge in [0.1, 0.15) is 11.4 Å². The fourth-order valence-corrected chi connectivity index (χ4v) is 4.70. The molecule has 1 aliphatic rings. The van der Waals surface area contributed by atoms with Crippen LogP contribution in [0.1, 0.15) is 55.9 Å². The molecule has 1 aromatic carbocycles. The first-order valence-electron chi connectivity index (χ1n) is 11.6. The highest BCUT2D eigenvalue weighted by Crippen LogP contribution is 2.35. The number of carbonyl (C=O) groups excluding carboxylic acids is 2. The SMILES string of the molecule is CCC(=O)N[C@@H]1CC[C@@H](n2cc3cc(C(=O)Nc4cccn(C)c4=O)c(OC)cc3n2)[C@@H](C)C1. The van der Waals surface area contributed by atoms with Gasteiger partial charge in [-0.05, 0) is 43.4 Å². The van der Waals surface area contributed by atoms with Crippen LogP contribution >= 0.6 is 0 Å². The zero-order chi connectivity index (χ0) is 24.4. The predicted molar refractivity (Wildman–Crippen MR) is 130 cm³/mol. The van der Waals surface area contributed by atoms with Crippen LogP contribution in [0.2, 0.25) is 0 Å². The monoisotopic (exact) mass is 465 g/mol. The summed E-state index contributed by atoms with van der Waals surface area (Å²) < 4.78 is 8.85. The number of rotatable bonds is 6. The first kappa shape index (κ1) is 23.5. The van der Waals surface area contributed by atoms with E-state index in [2.05, 4.69) is 17.6 Å². The highest BCUT2D eigenvalue weighted by molar-refractivity contribution is 6.08. The number of anilines is 1. The van der Waals surface area contributed by atoms with Crippen LogP contribution in [0.4, 0.5) is 5.69 Å². The Labute approximate surface area is 198 Å². The molecule has 1 saturated carbocycles. The number of aromatic nitrogens is 3. The van der Waals surface area contributed by atoms with Crippen molar-refractivity contribution in [1.82, 2.24) is 19.7 Å². The second kappa shape index (κ2) is 9.70. The number of hydrogen-bond acceptors (Lipinski definition) is 5. The molecule has 2 N–H and O–H groups in total. The second-order valence-corrected chi connectivity index (χ2v) is 8.99. The third-order valence-corrected chi connectivity index (χ3v) is 6.61. The van der Waals surface area contributed by atoms with Gasteiger partial charge in [0.15, 0.2) is 0 Å². The summed E-state index contributed by atoms with van der Waals surface area (Å²) in [5.41, 5.74) is 0.981. The van der Waals surface area contributed by atoms with E-state index in [0.29, 0.717) is 23.7 Å². The number of fused-ring (bicyclic) bond motifs is 1. The maximum absolute atomic E-state index is 13.0. The Hall–Kier alpha value is -3.62. The van der Waals surface area contributed by atoms with Gasteiger partial charge in [0, 0.05) is 43.4 Å². The van der Waals surface area contributed by atoms with Gasteiger partial charge in [-0.3, -0.25) is 19.1 Å². The predicted octanol–water partition coefficient (Wildman–Crippen LogP) is 3.25. The largest absolute Gasteiger partial charge is 0.496 e. The van der Waals surface area contributed by atoms with Gasteiger partial charge >= 0.3 is 0 Å². The number of aryl methyl sites for hydroxylation is 1. The Morgan fingerprint density at radius 1 is 1.26 bits per heavy atom. The van der Waals surface area contributed by atoms with Crippen molar-refractivity contribution in [3.05, 3.63) is 52.6 Å². The summed E-state index contributed by atoms with van der Waals surface area (Å²) >= 11 is 0. The molecule has 2 amide bonds. The van der Waals surface area contributed by atoms with Crippen molar-refractivity contribution in [3.63, 3.8) is 0 Å². The number of amides is 2. The van der Waals surface area contributed by atoms with Crippen LogP contribution in [-0.4, -0.2) is 39.3 Å². The van der Waals surface area contributed by atoms with Crippen molar-refractivity contribution in [1.29, 1.82) is 0 Å². The van der Waals surface area contributed by atoms with Crippen LogP contribution in [0.25, 0.3) is 10.9 Å². The Balaban J connectivity index is 1.58. The lowest BCUT2D eigenvalue weighted by molar-refractivity contribution is -0.121. The van der Waals surface area contributed by atoms with E-state index in [1.165, 1.54) is 11.7 Å². The number of carbonyl (C=O) groups is 2. The molecular weight excluding hydrogens is 434 g/mol. The highest BCUT2D eigenvalue weighted by atomic mass is 16.5. The number of pyridine rings is 1. The molecule has 0 aliphatic heterocycles. The number of ether oxygens (including phenoxy) is 1. The first-order chi connectivity index (χ1) is 16.3. The molecule has 9 heteroatoms. The number of nitrogens with one attached hydrogen (secondary N) is 2. The quantitative estimate of drug-likeness (QED) is 0.581. The molecule has 0 bridgehead atoms. The van der Waals surface area contributed by atoms with E-state index >= 15 is 0 Å². The fraction of sp³-hybridized carbons (Fsp3) is 0.440. The lowest BCUT2D eigenvalue weighted by Gasteiger charge is -2.34. The van der Waals surface area contributed by atoms with Crippen molar-refractivity contribution >= 4 is 28.4 Å². The van der Waals surface area contributed by atoms with Crippen LogP contribution in [-0.2, 0) is 11.8 Å². The minimum Gasteiger partial charge on any atom is -0.496 e. The normalized spacial score (nSPS) is 20.2. The van der Waals surface area contributed by atoms with E-state index in [0.717, 1.165) is 30.2 Å². The second-order valence-electron chi connectivity index (χ2n) is 8.99. The van der Waals surface area contributed by atoms with Crippen LogP contribution in [0, 0.1) is 5.92 Å². The summed E-state index contributed by atoms with van der Waals surface area (Å²) in [5, 5.41) is 11.4. The molecule has 0 spiro atoms. The first-order valence-corrected chi connectivity index (χ1v) is 11.6. The van der Waals surface area contributed by atoms with Gasteiger partial charge in [0.2, 0.25) is 5.91 Å². The van der Waals surface area contributed by atoms with E-state index in [4.69, 9.17) is 9.84 Å². The van der Waals surface area contributed by atoms with Crippen LogP contribution in [0.3, 0.4) is 0 Å². The van der Waals surface area contributed by atoms with E-state index in [1.54, 1.807) is 37.5 Å². The molecule has 1 aliphatic carbocycles. The van der Waals surface area contributed by atoms with E-state index < -0.39 is 5.91 Å². The van der Waals surface area contributed by atoms with Crippen molar-refractivity contribution in [2.75, 3.05) is 12.4 Å². The maximum atomic E-state index is 13.0. The molecular formula is C25H31N5O4. The topological polar surface area (TPSA) is 107 Å². The lowest BCUT2D eigenvalue weighted by atomic mass is 9.82. The molecule has 0 radical (unpaired) electrons. The Morgan fingerprint density at radius 2 is 2.06 bits per heavy atom. The molecule has 2 aromatic heterocycles. The summed E-state index contributed by atoms with van der Waals surface area (Å²) in [6, 6.07) is 7.18. The van der Waals surface area contributed by atoms with Gasteiger partial charge in [-0.15, -0.1) is 0 Å². The summed E-state index contributed by atoms with van der Waals surface area (Å²) in [6.45, 7) is 4.04. The number of methoxy groups -OCH3 is 1. The number of benzene rings is 1. The van der Waals surface area contributed by atoms with Crippen LogP contribution < -0.4 is 20.9 Å². The van der Waals surface area contributed by atoms with E-state index in [9.17, 15) is 14.4 Å². The van der Waals surface area contributed by atoms with Crippen LogP contribution in [0.15, 0.2) is 41.5 Å². The third kappa shape index (κ3) is 4.69. The Bertz CT molecular complexity index is 1280. The molecule has 1 fully saturated rings. The molecule has 3 aromatic rings. The van der Waals surface area contributed by atoms with E-state index in [1.807, 2.05) is 17.8 Å². The average Bonchev–Trinajstić information content (AvgIpc) is 3.23. The van der Waals surface area contributed by atoms with Gasteiger partial charge in [0.05, 0.1) is 24.2 Å². The Morgan fingerprint density at radius 3 is 2.76 bits per heavy atom. The van der Waals surface area contributed by atoms with Gasteiger partial charge < -0.3 is 19.9 Å². The van der Waals surface area contributed by atoms with Crippen molar-refractivity contribution in [3.8, 4) is 5.75 Å². The zero-order valence-electron chi connectivity index (χ0n) is 20.0. The number of hydrogen-bond donors (Lipinski definition) is 2. The third-order valence-electron chi connectivity index (χ3n) is 6.61. The summed E-state index contributed by atoms with van der Waals surface area (Å²) in [6.07, 6.45) is 6.79. The fourth-order valence-electron chi connectivity index (χ4n) is 4.70. The minimum atomic E-state index is -0.421. The minimum absolute atomic E-state index is 0.0896. The van der Waals surface area contributed by atoms with Crippen molar-refractivity contribution < 1.29 is 14.3 Å². The highest BCUT2D eigenvalue weighted by Gasteiger charge is 2.30. The maximum Gasteiger partial charge on any atom is 0.274 e. The molecule has 4 rings (SSSR count). The molecule has 180 valence electrons. The number of nitrogens with zero attached hydrogens (tertiary/aromatic N) is 3. The Kier molecular flexibility index (Phi) is 6.72. The van der Waals surface area contributed by atoms with E-state index in [-0.39, 0.29) is 29.2 Å². The summed E-state index contributed by atoms with van der Waals surface area (Å²) in [4.78, 5) is 37.1. The van der Waals surface area contributed by atoms with Gasteiger partial charge in [0.25, 0.3) is 11.5 Å². The molecule has 0 unspecified atom stereocenters. The van der Waals surface area contributed by atoms with Gasteiger partial charge in [-0.2, -0.15) is 5.10 Å². The van der Waals surface area contributed by atoms with Crippen molar-refractivity contribution in [2.24, 2.45) is 13.0 Å². The average molecular weight is 466 g/mol. The van der Waals surface area contributed by atoms with Gasteiger partial charge in [-0.1, -0.05) is 13.8 Å². The smallest absolute Gasteiger partial charge is 0.274 e. The lowest BCUT2D eigenvalue weighted by Crippen LogP contribution is -2.40. The van der Waals surface area contributed by atoms with Crippen molar-refractivity contribution in [2.45, 2.75) is 51.6 Å². The zero-order valence-corrected chi connectivity index (χ0v) is 20.0. The molecule has 3 atom stereocenters. The molecule has 2 heterocycles. The standard InChI is InChI=1S/C25H31N5O4/c1-5-23(31)26-17-8-9-21(15(2)11-17)30-14-16-12-18(22(34-4)13-20(16)28-30)24(32)27-19-7-6-10-29(3)25(19)33/h6-7,10,12-15,17,21H,5,8-9,11H2,1-4H3,(H,26,31)(H,27,32)/t15-,17+,21+/m0/s1. The van der Waals surface area contributed by atoms with Crippen LogP contribution in [0.5, 0.6) is 5.75 Å². The van der Waals surface area contributed by atoms with Gasteiger partial charge in [-0.25, -0.2) is 0 Å². The molecule has 9 nitrogen and oxygen atoms in total. The molecule has 0 saturated heterocycles. The summed E-state index contributed by atoms with van der Waals surface area (Å²) in [5.74, 6) is 0.397. The summed E-state index contributed by atoms with van der Waals surface area (Å²) in [7, 11) is 3.13.